The maximum Gasteiger partial charge on any atom is 0.327 e. The summed E-state index contributed by atoms with van der Waals surface area (Å²) in [6.07, 6.45) is 22.6. The Kier molecular flexibility index (Phi) is 16.2. The molecule has 3 heteroatoms. The number of carbonyl (C=O) groups excluding carboxylic acids is 1. The second kappa shape index (κ2) is 18.4. The summed E-state index contributed by atoms with van der Waals surface area (Å²) in [7, 11) is 0. The second-order valence-electron chi connectivity index (χ2n) is 7.99. The Morgan fingerprint density at radius 2 is 1.34 bits per heavy atom. The third kappa shape index (κ3) is 14.1. The summed E-state index contributed by atoms with van der Waals surface area (Å²) in [6.45, 7) is 2.74. The van der Waals surface area contributed by atoms with Gasteiger partial charge in [-0.15, -0.1) is 0 Å². The molecule has 1 atom stereocenters. The standard InChI is InChI=1S/C26H43NO2/c1-2-3-4-5-6-7-8-9-10-11-12-13-14-15-16-20-23-29-26(28)25(27)24-21-18-17-19-22-24/h9-10,17-19,21-22,25H,2-8,11-16,20,23,27H2,1H3/b10-9-/t25-/m1/s1. The van der Waals surface area contributed by atoms with Crippen LogP contribution in [0.5, 0.6) is 0 Å². The molecule has 0 amide bonds. The Labute approximate surface area is 179 Å². The molecule has 0 radical (unpaired) electrons. The summed E-state index contributed by atoms with van der Waals surface area (Å²) in [6, 6.07) is 8.71. The van der Waals surface area contributed by atoms with E-state index in [1.54, 1.807) is 0 Å². The molecule has 0 aliphatic rings. The molecule has 1 rings (SSSR count). The Bertz CT molecular complexity index is 527. The van der Waals surface area contributed by atoms with Gasteiger partial charge in [-0.2, -0.15) is 0 Å². The minimum atomic E-state index is -0.676. The maximum absolute atomic E-state index is 12.0. The van der Waals surface area contributed by atoms with E-state index < -0.39 is 6.04 Å². The van der Waals surface area contributed by atoms with Crippen LogP contribution in [-0.2, 0) is 9.53 Å². The van der Waals surface area contributed by atoms with Gasteiger partial charge in [0.25, 0.3) is 0 Å². The van der Waals surface area contributed by atoms with Gasteiger partial charge in [0, 0.05) is 0 Å². The van der Waals surface area contributed by atoms with Crippen LogP contribution in [0.4, 0.5) is 0 Å². The van der Waals surface area contributed by atoms with Crippen LogP contribution >= 0.6 is 0 Å². The van der Waals surface area contributed by atoms with Gasteiger partial charge in [-0.25, -0.2) is 4.79 Å². The number of rotatable bonds is 18. The quantitative estimate of drug-likeness (QED) is 0.160. The Hall–Kier alpha value is -1.61. The molecule has 0 unspecified atom stereocenters. The lowest BCUT2D eigenvalue weighted by molar-refractivity contribution is -0.145. The van der Waals surface area contributed by atoms with E-state index in [1.807, 2.05) is 30.3 Å². The minimum Gasteiger partial charge on any atom is -0.464 e. The number of hydrogen-bond donors (Lipinski definition) is 1. The largest absolute Gasteiger partial charge is 0.464 e. The van der Waals surface area contributed by atoms with Gasteiger partial charge in [0.15, 0.2) is 0 Å². The monoisotopic (exact) mass is 401 g/mol. The molecule has 0 aliphatic heterocycles. The van der Waals surface area contributed by atoms with E-state index in [1.165, 1.54) is 77.0 Å². The molecule has 2 N–H and O–H groups in total. The average Bonchev–Trinajstić information content (AvgIpc) is 2.75. The molecule has 0 heterocycles. The normalized spacial score (nSPS) is 12.3. The van der Waals surface area contributed by atoms with Gasteiger partial charge in [0.05, 0.1) is 6.61 Å². The van der Waals surface area contributed by atoms with Gasteiger partial charge in [-0.05, 0) is 37.7 Å². The van der Waals surface area contributed by atoms with E-state index in [0.29, 0.717) is 6.61 Å². The zero-order valence-corrected chi connectivity index (χ0v) is 18.6. The van der Waals surface area contributed by atoms with Crippen LogP contribution in [0.1, 0.15) is 108 Å². The number of ether oxygens (including phenoxy) is 1. The van der Waals surface area contributed by atoms with E-state index in [9.17, 15) is 4.79 Å². The molecule has 0 saturated carbocycles. The topological polar surface area (TPSA) is 52.3 Å². The number of carbonyl (C=O) groups is 1. The Balaban J connectivity index is 1.85. The summed E-state index contributed by atoms with van der Waals surface area (Å²) < 4.78 is 5.30. The van der Waals surface area contributed by atoms with Crippen LogP contribution in [0.15, 0.2) is 42.5 Å². The second-order valence-corrected chi connectivity index (χ2v) is 7.99. The lowest BCUT2D eigenvalue weighted by Crippen LogP contribution is -2.24. The number of unbranched alkanes of at least 4 members (excludes halogenated alkanes) is 12. The van der Waals surface area contributed by atoms with Crippen LogP contribution in [0.3, 0.4) is 0 Å². The summed E-state index contributed by atoms with van der Waals surface area (Å²) in [5.41, 5.74) is 6.73. The SMILES string of the molecule is CCCCCCCC/C=C\CCCCCCCCOC(=O)[C@H](N)c1ccccc1. The van der Waals surface area contributed by atoms with Crippen molar-refractivity contribution in [1.82, 2.24) is 0 Å². The predicted octanol–water partition coefficient (Wildman–Crippen LogP) is 7.27. The third-order valence-corrected chi connectivity index (χ3v) is 5.31. The predicted molar refractivity (Wildman–Crippen MR) is 124 cm³/mol. The molecule has 164 valence electrons. The zero-order valence-electron chi connectivity index (χ0n) is 18.6. The fourth-order valence-corrected chi connectivity index (χ4v) is 3.41. The first-order chi connectivity index (χ1) is 14.3. The van der Waals surface area contributed by atoms with Crippen LogP contribution in [-0.4, -0.2) is 12.6 Å². The van der Waals surface area contributed by atoms with Crippen molar-refractivity contribution in [3.63, 3.8) is 0 Å². The van der Waals surface area contributed by atoms with Crippen LogP contribution < -0.4 is 5.73 Å². The molecule has 1 aromatic rings. The molecule has 0 spiro atoms. The first-order valence-electron chi connectivity index (χ1n) is 11.9. The van der Waals surface area contributed by atoms with E-state index in [-0.39, 0.29) is 5.97 Å². The molecular weight excluding hydrogens is 358 g/mol. The van der Waals surface area contributed by atoms with Crippen molar-refractivity contribution in [2.75, 3.05) is 6.61 Å². The number of benzene rings is 1. The fourth-order valence-electron chi connectivity index (χ4n) is 3.41. The highest BCUT2D eigenvalue weighted by atomic mass is 16.5. The molecular formula is C26H43NO2. The van der Waals surface area contributed by atoms with E-state index >= 15 is 0 Å². The average molecular weight is 402 g/mol. The van der Waals surface area contributed by atoms with Crippen molar-refractivity contribution in [3.8, 4) is 0 Å². The Morgan fingerprint density at radius 3 is 1.93 bits per heavy atom. The summed E-state index contributed by atoms with van der Waals surface area (Å²) in [4.78, 5) is 12.0. The molecule has 1 aromatic carbocycles. The summed E-state index contributed by atoms with van der Waals surface area (Å²) in [5.74, 6) is -0.330. The smallest absolute Gasteiger partial charge is 0.327 e. The molecule has 3 nitrogen and oxygen atoms in total. The van der Waals surface area contributed by atoms with Gasteiger partial charge < -0.3 is 10.5 Å². The molecule has 0 fully saturated rings. The summed E-state index contributed by atoms with van der Waals surface area (Å²) in [5, 5.41) is 0. The van der Waals surface area contributed by atoms with Gasteiger partial charge in [0.1, 0.15) is 6.04 Å². The maximum atomic E-state index is 12.0. The fraction of sp³-hybridized carbons (Fsp3) is 0.654. The van der Waals surface area contributed by atoms with Crippen LogP contribution in [0, 0.1) is 0 Å². The van der Waals surface area contributed by atoms with Crippen LogP contribution in [0.2, 0.25) is 0 Å². The minimum absolute atomic E-state index is 0.330. The highest BCUT2D eigenvalue weighted by molar-refractivity contribution is 5.77. The Morgan fingerprint density at radius 1 is 0.828 bits per heavy atom. The van der Waals surface area contributed by atoms with Crippen LogP contribution in [0.25, 0.3) is 0 Å². The molecule has 0 bridgehead atoms. The van der Waals surface area contributed by atoms with E-state index in [2.05, 4.69) is 19.1 Å². The lowest BCUT2D eigenvalue weighted by atomic mass is 10.1. The van der Waals surface area contributed by atoms with Crippen molar-refractivity contribution >= 4 is 5.97 Å². The lowest BCUT2D eigenvalue weighted by Gasteiger charge is -2.11. The molecule has 29 heavy (non-hydrogen) atoms. The highest BCUT2D eigenvalue weighted by Crippen LogP contribution is 2.13. The van der Waals surface area contributed by atoms with Crippen molar-refractivity contribution in [3.05, 3.63) is 48.0 Å². The number of allylic oxidation sites excluding steroid dienone is 2. The van der Waals surface area contributed by atoms with Crippen molar-refractivity contribution in [2.45, 2.75) is 103 Å². The van der Waals surface area contributed by atoms with Gasteiger partial charge >= 0.3 is 5.97 Å². The van der Waals surface area contributed by atoms with E-state index in [0.717, 1.165) is 18.4 Å². The van der Waals surface area contributed by atoms with Gasteiger partial charge in [-0.3, -0.25) is 0 Å². The molecule has 0 saturated heterocycles. The molecule has 0 aromatic heterocycles. The number of nitrogens with two attached hydrogens (primary N) is 1. The first kappa shape index (κ1) is 25.4. The number of esters is 1. The molecule has 0 aliphatic carbocycles. The van der Waals surface area contributed by atoms with E-state index in [4.69, 9.17) is 10.5 Å². The van der Waals surface area contributed by atoms with Gasteiger partial charge in [-0.1, -0.05) is 107 Å². The third-order valence-electron chi connectivity index (χ3n) is 5.31. The first-order valence-corrected chi connectivity index (χ1v) is 11.9. The number of hydrogen-bond acceptors (Lipinski definition) is 3. The highest BCUT2D eigenvalue weighted by Gasteiger charge is 2.16. The van der Waals surface area contributed by atoms with Gasteiger partial charge in [0.2, 0.25) is 0 Å². The van der Waals surface area contributed by atoms with Crippen molar-refractivity contribution in [1.29, 1.82) is 0 Å². The van der Waals surface area contributed by atoms with Crippen molar-refractivity contribution in [2.24, 2.45) is 5.73 Å². The van der Waals surface area contributed by atoms with Crippen molar-refractivity contribution < 1.29 is 9.53 Å². The zero-order chi connectivity index (χ0) is 21.0. The summed E-state index contributed by atoms with van der Waals surface area (Å²) >= 11 is 0.